The lowest BCUT2D eigenvalue weighted by Crippen LogP contribution is -2.48. The first-order valence-corrected chi connectivity index (χ1v) is 10.0. The van der Waals surface area contributed by atoms with Gasteiger partial charge in [-0.15, -0.1) is 0 Å². The molecule has 3 aromatic rings. The molecule has 28 heavy (non-hydrogen) atoms. The van der Waals surface area contributed by atoms with Crippen LogP contribution in [-0.2, 0) is 11.3 Å². The van der Waals surface area contributed by atoms with Gasteiger partial charge in [-0.3, -0.25) is 9.69 Å². The third kappa shape index (κ3) is 4.20. The molecule has 146 valence electrons. The summed E-state index contributed by atoms with van der Waals surface area (Å²) in [5.74, 6) is 0.0763. The number of amides is 1. The average Bonchev–Trinajstić information content (AvgIpc) is 3.04. The number of benzene rings is 2. The average molecular weight is 377 g/mol. The van der Waals surface area contributed by atoms with E-state index < -0.39 is 0 Å². The first kappa shape index (κ1) is 18.6. The molecule has 1 aliphatic rings. The van der Waals surface area contributed by atoms with Gasteiger partial charge in [0.2, 0.25) is 5.91 Å². The molecule has 2 aromatic carbocycles. The summed E-state index contributed by atoms with van der Waals surface area (Å²) in [5.41, 5.74) is 3.53. The van der Waals surface area contributed by atoms with Crippen LogP contribution in [-0.4, -0.2) is 54.6 Å². The smallest absolute Gasteiger partial charge is 0.239 e. The highest BCUT2D eigenvalue weighted by molar-refractivity contribution is 5.84. The van der Waals surface area contributed by atoms with Crippen molar-refractivity contribution >= 4 is 22.5 Å². The Kier molecular flexibility index (Phi) is 5.63. The molecule has 1 N–H and O–H groups in total. The highest BCUT2D eigenvalue weighted by atomic mass is 16.1. The molecule has 0 unspecified atom stereocenters. The van der Waals surface area contributed by atoms with Gasteiger partial charge in [0, 0.05) is 56.2 Å². The molecule has 0 radical (unpaired) electrons. The molecule has 0 spiro atoms. The first-order valence-electron chi connectivity index (χ1n) is 10.0. The zero-order chi connectivity index (χ0) is 19.3. The molecule has 2 heterocycles. The molecule has 5 heteroatoms. The van der Waals surface area contributed by atoms with E-state index in [9.17, 15) is 4.79 Å². The van der Waals surface area contributed by atoms with E-state index in [1.165, 1.54) is 11.1 Å². The maximum atomic E-state index is 12.4. The van der Waals surface area contributed by atoms with Crippen LogP contribution in [0, 0.1) is 6.92 Å². The molecule has 4 rings (SSSR count). The quantitative estimate of drug-likeness (QED) is 0.719. The van der Waals surface area contributed by atoms with Crippen molar-refractivity contribution in [2.45, 2.75) is 13.5 Å². The third-order valence-corrected chi connectivity index (χ3v) is 5.56. The number of aromatic nitrogens is 1. The largest absolute Gasteiger partial charge is 0.369 e. The minimum atomic E-state index is 0.0763. The van der Waals surface area contributed by atoms with Crippen molar-refractivity contribution in [3.63, 3.8) is 0 Å². The van der Waals surface area contributed by atoms with Crippen LogP contribution in [0.5, 0.6) is 0 Å². The number of hydrogen-bond acceptors (Lipinski definition) is 3. The van der Waals surface area contributed by atoms with Gasteiger partial charge in [-0.05, 0) is 36.6 Å². The normalized spacial score (nSPS) is 15.1. The number of para-hydroxylation sites is 2. The summed E-state index contributed by atoms with van der Waals surface area (Å²) in [4.78, 5) is 17.3. The van der Waals surface area contributed by atoms with E-state index in [1.54, 1.807) is 0 Å². The van der Waals surface area contributed by atoms with Gasteiger partial charge in [-0.1, -0.05) is 36.4 Å². The van der Waals surface area contributed by atoms with Gasteiger partial charge in [0.15, 0.2) is 0 Å². The van der Waals surface area contributed by atoms with Crippen LogP contribution >= 0.6 is 0 Å². The van der Waals surface area contributed by atoms with Gasteiger partial charge >= 0.3 is 0 Å². The predicted molar refractivity (Wildman–Crippen MR) is 115 cm³/mol. The molecule has 1 fully saturated rings. The predicted octanol–water partition coefficient (Wildman–Crippen LogP) is 2.89. The Labute approximate surface area is 166 Å². The molecular weight excluding hydrogens is 348 g/mol. The number of hydrogen-bond donors (Lipinski definition) is 1. The number of aryl methyl sites for hydroxylation is 1. The minimum Gasteiger partial charge on any atom is -0.369 e. The second-order valence-electron chi connectivity index (χ2n) is 7.44. The third-order valence-electron chi connectivity index (χ3n) is 5.56. The van der Waals surface area contributed by atoms with Gasteiger partial charge in [0.1, 0.15) is 6.54 Å². The number of nitrogens with zero attached hydrogens (tertiary/aromatic N) is 3. The first-order chi connectivity index (χ1) is 13.7. The summed E-state index contributed by atoms with van der Waals surface area (Å²) < 4.78 is 2.09. The summed E-state index contributed by atoms with van der Waals surface area (Å²) in [7, 11) is 0. The fraction of sp³-hybridized carbons (Fsp3) is 0.348. The summed E-state index contributed by atoms with van der Waals surface area (Å²) in [6, 6.07) is 20.9. The molecule has 1 aliphatic heterocycles. The number of carbonyl (C=O) groups is 1. The fourth-order valence-corrected chi connectivity index (χ4v) is 3.98. The lowest BCUT2D eigenvalue weighted by atomic mass is 10.2. The van der Waals surface area contributed by atoms with Gasteiger partial charge in [0.05, 0.1) is 0 Å². The van der Waals surface area contributed by atoms with Crippen LogP contribution in [0.15, 0.2) is 60.7 Å². The molecule has 1 aromatic heterocycles. The number of piperazine rings is 1. The second-order valence-corrected chi connectivity index (χ2v) is 7.44. The maximum absolute atomic E-state index is 12.4. The Balaban J connectivity index is 1.22. The van der Waals surface area contributed by atoms with E-state index in [1.807, 2.05) is 12.1 Å². The zero-order valence-corrected chi connectivity index (χ0v) is 16.5. The monoisotopic (exact) mass is 376 g/mol. The molecule has 5 nitrogen and oxygen atoms in total. The van der Waals surface area contributed by atoms with Gasteiger partial charge < -0.3 is 14.8 Å². The Morgan fingerprint density at radius 1 is 0.964 bits per heavy atom. The van der Waals surface area contributed by atoms with Crippen molar-refractivity contribution in [3.8, 4) is 0 Å². The highest BCUT2D eigenvalue weighted by Gasteiger charge is 2.17. The van der Waals surface area contributed by atoms with E-state index in [0.29, 0.717) is 13.1 Å². The Morgan fingerprint density at radius 2 is 1.68 bits per heavy atom. The topological polar surface area (TPSA) is 40.5 Å². The summed E-state index contributed by atoms with van der Waals surface area (Å²) in [6.07, 6.45) is 0. The molecule has 1 saturated heterocycles. The van der Waals surface area contributed by atoms with Crippen molar-refractivity contribution < 1.29 is 4.79 Å². The number of fused-ring (bicyclic) bond motifs is 1. The lowest BCUT2D eigenvalue weighted by Gasteiger charge is -2.36. The van der Waals surface area contributed by atoms with Crippen LogP contribution in [0.2, 0.25) is 0 Å². The zero-order valence-electron chi connectivity index (χ0n) is 16.5. The second kappa shape index (κ2) is 8.48. The Hall–Kier alpha value is -2.79. The van der Waals surface area contributed by atoms with Crippen LogP contribution in [0.1, 0.15) is 5.69 Å². The van der Waals surface area contributed by atoms with Crippen LogP contribution in [0.25, 0.3) is 10.9 Å². The Bertz CT molecular complexity index is 926. The van der Waals surface area contributed by atoms with Crippen molar-refractivity contribution in [1.29, 1.82) is 0 Å². The molecule has 1 amide bonds. The number of nitrogens with one attached hydrogen (secondary N) is 1. The molecule has 0 bridgehead atoms. The van der Waals surface area contributed by atoms with Crippen LogP contribution < -0.4 is 10.2 Å². The van der Waals surface area contributed by atoms with E-state index >= 15 is 0 Å². The van der Waals surface area contributed by atoms with E-state index in [2.05, 4.69) is 75.1 Å². The van der Waals surface area contributed by atoms with E-state index in [-0.39, 0.29) is 5.91 Å². The maximum Gasteiger partial charge on any atom is 0.239 e. The molecule has 0 atom stereocenters. The summed E-state index contributed by atoms with van der Waals surface area (Å²) >= 11 is 0. The van der Waals surface area contributed by atoms with Crippen LogP contribution in [0.3, 0.4) is 0 Å². The van der Waals surface area contributed by atoms with Gasteiger partial charge in [0.25, 0.3) is 0 Å². The molecular formula is C23H28N4O. The number of carbonyl (C=O) groups excluding carboxylic acids is 1. The standard InChI is InChI=1S/C23H28N4O/c1-19-17-20-7-5-6-10-22(20)27(19)18-23(28)24-11-12-25-13-15-26(16-14-25)21-8-3-2-4-9-21/h2-10,17H,11-16,18H2,1H3,(H,24,28). The molecule has 0 aliphatic carbocycles. The van der Waals surface area contributed by atoms with Crippen molar-refractivity contribution in [3.05, 3.63) is 66.4 Å². The number of anilines is 1. The van der Waals surface area contributed by atoms with Crippen molar-refractivity contribution in [1.82, 2.24) is 14.8 Å². The van der Waals surface area contributed by atoms with Gasteiger partial charge in [-0.2, -0.15) is 0 Å². The van der Waals surface area contributed by atoms with E-state index in [0.717, 1.165) is 43.9 Å². The fourth-order valence-electron chi connectivity index (χ4n) is 3.98. The minimum absolute atomic E-state index is 0.0763. The summed E-state index contributed by atoms with van der Waals surface area (Å²) in [6.45, 7) is 8.17. The van der Waals surface area contributed by atoms with E-state index in [4.69, 9.17) is 0 Å². The van der Waals surface area contributed by atoms with Gasteiger partial charge in [-0.25, -0.2) is 0 Å². The number of rotatable bonds is 6. The van der Waals surface area contributed by atoms with Crippen LogP contribution in [0.4, 0.5) is 5.69 Å². The van der Waals surface area contributed by atoms with Crippen molar-refractivity contribution in [2.24, 2.45) is 0 Å². The lowest BCUT2D eigenvalue weighted by molar-refractivity contribution is -0.121. The Morgan fingerprint density at radius 3 is 2.46 bits per heavy atom. The highest BCUT2D eigenvalue weighted by Crippen LogP contribution is 2.19. The molecule has 0 saturated carbocycles. The summed E-state index contributed by atoms with van der Waals surface area (Å²) in [5, 5.41) is 4.27. The SMILES string of the molecule is Cc1cc2ccccc2n1CC(=O)NCCN1CCN(c2ccccc2)CC1. The van der Waals surface area contributed by atoms with Crippen molar-refractivity contribution in [2.75, 3.05) is 44.2 Å².